The average molecular weight is 294 g/mol. The Hall–Kier alpha value is -1.94. The van der Waals surface area contributed by atoms with Gasteiger partial charge in [0.15, 0.2) is 0 Å². The molecule has 19 heavy (non-hydrogen) atoms. The molecule has 10 heteroatoms. The van der Waals surface area contributed by atoms with Gasteiger partial charge in [-0.15, -0.1) is 9.35 Å². The van der Waals surface area contributed by atoms with Crippen molar-refractivity contribution in [3.63, 3.8) is 0 Å². The van der Waals surface area contributed by atoms with Crippen molar-refractivity contribution in [2.75, 3.05) is 0 Å². The average Bonchev–Trinajstić information content (AvgIpc) is 2.54. The largest absolute Gasteiger partial charge is 0.525 e. The second-order valence-corrected chi connectivity index (χ2v) is 4.86. The summed E-state index contributed by atoms with van der Waals surface area (Å²) in [7, 11) is -6.09. The molecule has 0 bridgehead atoms. The van der Waals surface area contributed by atoms with E-state index in [2.05, 4.69) is 10.4 Å². The number of carbonyl (C=O) groups is 2. The molecule has 0 fully saturated rings. The smallest absolute Gasteiger partial charge is 0.266 e. The first-order valence-electron chi connectivity index (χ1n) is 4.55. The highest BCUT2D eigenvalue weighted by Crippen LogP contribution is 2.29. The Balaban J connectivity index is 2.37. The normalized spacial score (nSPS) is 15.8. The third kappa shape index (κ3) is 2.08. The van der Waals surface area contributed by atoms with E-state index in [-0.39, 0.29) is 11.1 Å². The van der Waals surface area contributed by atoms with E-state index in [4.69, 9.17) is 0 Å². The predicted molar refractivity (Wildman–Crippen MR) is 51.8 cm³/mol. The van der Waals surface area contributed by atoms with E-state index in [1.807, 2.05) is 0 Å². The second kappa shape index (κ2) is 4.03. The maximum Gasteiger partial charge on any atom is 0.525 e. The number of alkyl halides is 3. The number of carbonyl (C=O) groups excluding carboxylic acids is 2. The van der Waals surface area contributed by atoms with Crippen molar-refractivity contribution in [3.05, 3.63) is 35.4 Å². The molecule has 1 aliphatic heterocycles. The number of imide groups is 1. The van der Waals surface area contributed by atoms with Crippen LogP contribution in [0.15, 0.2) is 18.2 Å². The van der Waals surface area contributed by atoms with E-state index in [9.17, 15) is 31.2 Å². The molecule has 1 aromatic rings. The van der Waals surface area contributed by atoms with Gasteiger partial charge in [0.25, 0.3) is 11.8 Å². The highest BCUT2D eigenvalue weighted by atomic mass is 32.2. The quantitative estimate of drug-likeness (QED) is 0.597. The predicted octanol–water partition coefficient (Wildman–Crippen LogP) is 0.864. The summed E-state index contributed by atoms with van der Waals surface area (Å²) in [6, 6.07) is 6.00. The summed E-state index contributed by atoms with van der Waals surface area (Å²) in [4.78, 5) is 23.1. The topological polar surface area (TPSA) is 80.8 Å². The molecule has 1 aromatic carbocycles. The van der Waals surface area contributed by atoms with Crippen LogP contribution in [0.2, 0.25) is 0 Å². The summed E-state index contributed by atoms with van der Waals surface area (Å²) in [5.74, 6) is -2.63. The molecule has 0 unspecified atom stereocenters. The zero-order chi connectivity index (χ0) is 14.4. The van der Waals surface area contributed by atoms with Gasteiger partial charge in [-0.2, -0.15) is 21.6 Å². The van der Waals surface area contributed by atoms with Gasteiger partial charge in [0.1, 0.15) is 0 Å². The molecule has 1 heterocycles. The lowest BCUT2D eigenvalue weighted by Gasteiger charge is -2.13. The summed E-state index contributed by atoms with van der Waals surface area (Å²) in [5, 5.41) is -0.454. The van der Waals surface area contributed by atoms with Gasteiger partial charge in [-0.1, -0.05) is 12.1 Å². The number of halogens is 3. The van der Waals surface area contributed by atoms with Gasteiger partial charge in [0.2, 0.25) is 0 Å². The fraction of sp³-hybridized carbons (Fsp3) is 0.111. The molecule has 0 spiro atoms. The van der Waals surface area contributed by atoms with Crippen molar-refractivity contribution >= 4 is 21.9 Å². The number of amides is 2. The Morgan fingerprint density at radius 1 is 1.21 bits per heavy atom. The molecule has 0 aromatic heterocycles. The van der Waals surface area contributed by atoms with Crippen molar-refractivity contribution in [1.29, 1.82) is 0 Å². The minimum absolute atomic E-state index is 0.287. The summed E-state index contributed by atoms with van der Waals surface area (Å²) in [6.45, 7) is 0. The Morgan fingerprint density at radius 3 is 2.37 bits per heavy atom. The molecule has 6 nitrogen and oxygen atoms in total. The maximum absolute atomic E-state index is 12.1. The fourth-order valence-corrected chi connectivity index (χ4v) is 1.72. The molecule has 2 rings (SSSR count). The number of hydrogen-bond acceptors (Lipinski definition) is 5. The Labute approximate surface area is 104 Å². The first kappa shape index (κ1) is 13.5. The highest BCUT2D eigenvalue weighted by molar-refractivity contribution is 7.87. The van der Waals surface area contributed by atoms with Crippen molar-refractivity contribution in [3.8, 4) is 0 Å². The van der Waals surface area contributed by atoms with E-state index in [1.54, 1.807) is 0 Å². The molecule has 0 N–H and O–H groups in total. The molecule has 0 aliphatic carbocycles. The standard InChI is InChI=1S/C9H3F3NO5S/c10-9(11,12)19(16,17)18-13-7(14)5-3-1-2-4-6(5)8(13)15/h1-3H. The number of benzene rings is 1. The van der Waals surface area contributed by atoms with Crippen LogP contribution in [0.3, 0.4) is 0 Å². The molecule has 0 saturated heterocycles. The van der Waals surface area contributed by atoms with Gasteiger partial charge in [-0.05, 0) is 12.1 Å². The minimum Gasteiger partial charge on any atom is -0.266 e. The van der Waals surface area contributed by atoms with Crippen LogP contribution in [0.4, 0.5) is 13.2 Å². The number of fused-ring (bicyclic) bond motifs is 1. The monoisotopic (exact) mass is 294 g/mol. The van der Waals surface area contributed by atoms with E-state index in [0.29, 0.717) is 0 Å². The third-order valence-corrected chi connectivity index (χ3v) is 3.04. The lowest BCUT2D eigenvalue weighted by molar-refractivity contribution is -0.0748. The van der Waals surface area contributed by atoms with Gasteiger partial charge in [-0.3, -0.25) is 9.59 Å². The van der Waals surface area contributed by atoms with Crippen LogP contribution in [0, 0.1) is 6.07 Å². The zero-order valence-corrected chi connectivity index (χ0v) is 9.58. The maximum atomic E-state index is 12.1. The lowest BCUT2D eigenvalue weighted by atomic mass is 10.1. The Kier molecular flexibility index (Phi) is 2.86. The van der Waals surface area contributed by atoms with Crippen LogP contribution in [0.1, 0.15) is 20.7 Å². The van der Waals surface area contributed by atoms with Crippen molar-refractivity contribution < 1.29 is 35.5 Å². The molecule has 0 saturated carbocycles. The van der Waals surface area contributed by atoms with E-state index >= 15 is 0 Å². The minimum atomic E-state index is -6.09. The van der Waals surface area contributed by atoms with E-state index in [1.165, 1.54) is 12.1 Å². The molecule has 1 aliphatic rings. The van der Waals surface area contributed by atoms with Gasteiger partial charge >= 0.3 is 15.6 Å². The number of rotatable bonds is 2. The van der Waals surface area contributed by atoms with E-state index < -0.39 is 32.5 Å². The van der Waals surface area contributed by atoms with Crippen molar-refractivity contribution in [2.24, 2.45) is 0 Å². The van der Waals surface area contributed by atoms with Crippen LogP contribution in [0.25, 0.3) is 0 Å². The molecule has 0 atom stereocenters. The summed E-state index contributed by atoms with van der Waals surface area (Å²) >= 11 is 0. The summed E-state index contributed by atoms with van der Waals surface area (Å²) in [6.07, 6.45) is 0. The molecular formula is C9H3F3NO5S. The van der Waals surface area contributed by atoms with Gasteiger partial charge in [0, 0.05) is 0 Å². The van der Waals surface area contributed by atoms with Crippen LogP contribution in [-0.2, 0) is 14.4 Å². The van der Waals surface area contributed by atoms with Crippen molar-refractivity contribution in [2.45, 2.75) is 5.51 Å². The van der Waals surface area contributed by atoms with Gasteiger partial charge in [0.05, 0.1) is 11.1 Å². The highest BCUT2D eigenvalue weighted by Gasteiger charge is 2.52. The van der Waals surface area contributed by atoms with Crippen LogP contribution in [0.5, 0.6) is 0 Å². The third-order valence-electron chi connectivity index (χ3n) is 2.13. The Bertz CT molecular complexity index is 632. The fourth-order valence-electron chi connectivity index (χ4n) is 1.30. The Morgan fingerprint density at radius 2 is 1.84 bits per heavy atom. The van der Waals surface area contributed by atoms with Crippen LogP contribution in [-0.4, -0.2) is 30.8 Å². The SMILES string of the molecule is O=C1c2[c]cccc2C(=O)N1OS(=O)(=O)C(F)(F)F. The second-order valence-electron chi connectivity index (χ2n) is 3.34. The van der Waals surface area contributed by atoms with E-state index in [0.717, 1.165) is 6.07 Å². The zero-order valence-electron chi connectivity index (χ0n) is 8.76. The summed E-state index contributed by atoms with van der Waals surface area (Å²) < 4.78 is 61.3. The first-order chi connectivity index (χ1) is 8.65. The van der Waals surface area contributed by atoms with Gasteiger partial charge in [-0.25, -0.2) is 0 Å². The van der Waals surface area contributed by atoms with Crippen LogP contribution < -0.4 is 0 Å². The number of nitrogens with zero attached hydrogens (tertiary/aromatic N) is 1. The van der Waals surface area contributed by atoms with Gasteiger partial charge < -0.3 is 0 Å². The molecular weight excluding hydrogens is 291 g/mol. The van der Waals surface area contributed by atoms with Crippen LogP contribution >= 0.6 is 0 Å². The first-order valence-corrected chi connectivity index (χ1v) is 5.96. The lowest BCUT2D eigenvalue weighted by Crippen LogP contribution is -2.37. The number of hydrogen-bond donors (Lipinski definition) is 0. The molecule has 1 radical (unpaired) electrons. The van der Waals surface area contributed by atoms with Crippen molar-refractivity contribution in [1.82, 2.24) is 5.06 Å². The number of hydroxylamine groups is 2. The molecule has 101 valence electrons. The molecule has 2 amide bonds. The summed E-state index contributed by atoms with van der Waals surface area (Å²) in [5.41, 5.74) is -6.39.